The molecule has 35 heavy (non-hydrogen) atoms. The molecule has 2 aromatic rings. The first-order valence-corrected chi connectivity index (χ1v) is 11.2. The van der Waals surface area contributed by atoms with Crippen LogP contribution in [0, 0.1) is 0 Å². The zero-order chi connectivity index (χ0) is 25.9. The monoisotopic (exact) mass is 489 g/mol. The number of ether oxygens (including phenoxy) is 5. The minimum Gasteiger partial charge on any atom is -0.469 e. The molecule has 2 aromatic heterocycles. The molecule has 0 spiro atoms. The zero-order valence-corrected chi connectivity index (χ0v) is 21.2. The smallest absolute Gasteiger partial charge is 0.425 e. The number of imide groups is 1. The maximum absolute atomic E-state index is 13.1. The second-order valence-electron chi connectivity index (χ2n) is 10.8. The van der Waals surface area contributed by atoms with E-state index >= 15 is 0 Å². The van der Waals surface area contributed by atoms with E-state index in [1.165, 1.54) is 12.7 Å². The van der Waals surface area contributed by atoms with Gasteiger partial charge in [-0.15, -0.1) is 0 Å². The van der Waals surface area contributed by atoms with E-state index in [1.807, 2.05) is 13.8 Å². The molecular formula is C23H31N5O7. The fourth-order valence-corrected chi connectivity index (χ4v) is 3.80. The summed E-state index contributed by atoms with van der Waals surface area (Å²) in [7, 11) is 0. The van der Waals surface area contributed by atoms with E-state index in [9.17, 15) is 9.59 Å². The number of anilines is 1. The van der Waals surface area contributed by atoms with Crippen molar-refractivity contribution >= 4 is 29.2 Å². The van der Waals surface area contributed by atoms with E-state index < -0.39 is 47.6 Å². The number of rotatable bonds is 2. The van der Waals surface area contributed by atoms with Crippen LogP contribution in [0.2, 0.25) is 0 Å². The van der Waals surface area contributed by atoms with Crippen molar-refractivity contribution in [3.63, 3.8) is 0 Å². The first kappa shape index (κ1) is 24.9. The van der Waals surface area contributed by atoms with E-state index in [1.54, 1.807) is 46.1 Å². The van der Waals surface area contributed by atoms with E-state index in [2.05, 4.69) is 21.5 Å². The molecular weight excluding hydrogens is 458 g/mol. The number of hydrogen-bond donors (Lipinski definition) is 0. The number of nitrogens with zero attached hydrogens (tertiary/aromatic N) is 5. The molecule has 12 heteroatoms. The van der Waals surface area contributed by atoms with Crippen LogP contribution in [0.1, 0.15) is 61.6 Å². The Balaban J connectivity index is 1.76. The zero-order valence-electron chi connectivity index (χ0n) is 21.2. The Morgan fingerprint density at radius 2 is 1.63 bits per heavy atom. The molecule has 0 aromatic carbocycles. The van der Waals surface area contributed by atoms with Gasteiger partial charge in [0.15, 0.2) is 28.9 Å². The topological polar surface area (TPSA) is 127 Å². The Labute approximate surface area is 203 Å². The average molecular weight is 490 g/mol. The fourth-order valence-electron chi connectivity index (χ4n) is 3.80. The summed E-state index contributed by atoms with van der Waals surface area (Å²) < 4.78 is 30.4. The van der Waals surface area contributed by atoms with Gasteiger partial charge in [-0.2, -0.15) is 4.90 Å². The minimum absolute atomic E-state index is 0.0884. The molecule has 4 heterocycles. The SMILES string of the molecule is C=C1O[C@@H](n2cnc3c(N(C(=O)OC(C)(C)C)C(=O)OC(C)(C)C)ncnc32)[C@@H]2OC(C)(C)O[C@H]12. The van der Waals surface area contributed by atoms with Crippen LogP contribution in [0.5, 0.6) is 0 Å². The van der Waals surface area contributed by atoms with Crippen LogP contribution in [0.4, 0.5) is 15.4 Å². The summed E-state index contributed by atoms with van der Waals surface area (Å²) in [5, 5.41) is 0. The van der Waals surface area contributed by atoms with E-state index in [0.717, 1.165) is 0 Å². The molecule has 2 saturated heterocycles. The average Bonchev–Trinajstić information content (AvgIpc) is 3.31. The van der Waals surface area contributed by atoms with Gasteiger partial charge in [0.05, 0.1) is 0 Å². The number of carbonyl (C=O) groups is 2. The highest BCUT2D eigenvalue weighted by Crippen LogP contribution is 2.45. The van der Waals surface area contributed by atoms with Crippen LogP contribution >= 0.6 is 0 Å². The van der Waals surface area contributed by atoms with Crippen molar-refractivity contribution in [1.29, 1.82) is 0 Å². The van der Waals surface area contributed by atoms with Crippen molar-refractivity contribution < 1.29 is 33.3 Å². The summed E-state index contributed by atoms with van der Waals surface area (Å²) >= 11 is 0. The Bertz CT molecular complexity index is 1150. The van der Waals surface area contributed by atoms with Crippen LogP contribution in [0.25, 0.3) is 11.2 Å². The maximum atomic E-state index is 13.1. The highest BCUT2D eigenvalue weighted by Gasteiger charge is 2.54. The molecule has 0 radical (unpaired) electrons. The Morgan fingerprint density at radius 1 is 1.03 bits per heavy atom. The van der Waals surface area contributed by atoms with Crippen LogP contribution in [0.15, 0.2) is 25.0 Å². The number of hydrogen-bond acceptors (Lipinski definition) is 10. The van der Waals surface area contributed by atoms with E-state index in [-0.39, 0.29) is 11.3 Å². The van der Waals surface area contributed by atoms with E-state index in [0.29, 0.717) is 16.3 Å². The molecule has 190 valence electrons. The molecule has 2 fully saturated rings. The molecule has 0 N–H and O–H groups in total. The van der Waals surface area contributed by atoms with Crippen LogP contribution in [-0.4, -0.2) is 60.9 Å². The van der Waals surface area contributed by atoms with Gasteiger partial charge in [-0.25, -0.2) is 24.5 Å². The van der Waals surface area contributed by atoms with Gasteiger partial charge in [0.1, 0.15) is 35.7 Å². The Morgan fingerprint density at radius 3 is 2.20 bits per heavy atom. The van der Waals surface area contributed by atoms with Crippen LogP contribution in [0.3, 0.4) is 0 Å². The normalized spacial score (nSPS) is 23.7. The van der Waals surface area contributed by atoms with Crippen molar-refractivity contribution in [2.24, 2.45) is 0 Å². The van der Waals surface area contributed by atoms with Gasteiger partial charge in [-0.1, -0.05) is 6.58 Å². The van der Waals surface area contributed by atoms with Crippen LogP contribution < -0.4 is 4.90 Å². The summed E-state index contributed by atoms with van der Waals surface area (Å²) in [5.41, 5.74) is -1.27. The predicted molar refractivity (Wildman–Crippen MR) is 123 cm³/mol. The molecule has 12 nitrogen and oxygen atoms in total. The first-order valence-electron chi connectivity index (χ1n) is 11.2. The lowest BCUT2D eigenvalue weighted by Gasteiger charge is -2.28. The highest BCUT2D eigenvalue weighted by atomic mass is 16.8. The number of aromatic nitrogens is 4. The van der Waals surface area contributed by atoms with Crippen molar-refractivity contribution in [3.05, 3.63) is 25.0 Å². The molecule has 4 rings (SSSR count). The lowest BCUT2D eigenvalue weighted by Crippen LogP contribution is -2.44. The number of carbonyl (C=O) groups excluding carboxylic acids is 2. The number of amides is 2. The predicted octanol–water partition coefficient (Wildman–Crippen LogP) is 4.07. The third-order valence-electron chi connectivity index (χ3n) is 4.98. The van der Waals surface area contributed by atoms with Gasteiger partial charge in [-0.05, 0) is 55.4 Å². The van der Waals surface area contributed by atoms with E-state index in [4.69, 9.17) is 23.7 Å². The van der Waals surface area contributed by atoms with Gasteiger partial charge in [0.2, 0.25) is 6.23 Å². The Hall–Kier alpha value is -3.25. The standard InChI is InChI=1S/C23H31N5O7/c1-12-14-15(33-23(8,9)32-14)18(31-12)27-11-26-13-16(27)24-10-25-17(13)28(19(29)34-21(2,3)4)20(30)35-22(5,6)7/h10-11,14-15,18H,1H2,2-9H3/t14-,15-,18-/m1/s1. The molecule has 0 bridgehead atoms. The van der Waals surface area contributed by atoms with Crippen molar-refractivity contribution in [1.82, 2.24) is 19.5 Å². The summed E-state index contributed by atoms with van der Waals surface area (Å²) in [4.78, 5) is 39.8. The van der Waals surface area contributed by atoms with Gasteiger partial charge in [0, 0.05) is 0 Å². The largest absolute Gasteiger partial charge is 0.469 e. The van der Waals surface area contributed by atoms with Crippen LogP contribution in [-0.2, 0) is 23.7 Å². The van der Waals surface area contributed by atoms with Crippen molar-refractivity contribution in [3.8, 4) is 0 Å². The van der Waals surface area contributed by atoms with Crippen molar-refractivity contribution in [2.75, 3.05) is 4.90 Å². The van der Waals surface area contributed by atoms with Gasteiger partial charge < -0.3 is 23.7 Å². The van der Waals surface area contributed by atoms with Gasteiger partial charge in [-0.3, -0.25) is 4.57 Å². The third-order valence-corrected chi connectivity index (χ3v) is 4.98. The quantitative estimate of drug-likeness (QED) is 0.609. The number of imidazole rings is 1. The molecule has 3 atom stereocenters. The minimum atomic E-state index is -0.957. The second kappa shape index (κ2) is 8.16. The molecule has 0 saturated carbocycles. The lowest BCUT2D eigenvalue weighted by molar-refractivity contribution is -0.173. The van der Waals surface area contributed by atoms with Gasteiger partial charge >= 0.3 is 12.2 Å². The first-order chi connectivity index (χ1) is 16.1. The van der Waals surface area contributed by atoms with Gasteiger partial charge in [0.25, 0.3) is 0 Å². The molecule has 2 aliphatic rings. The molecule has 2 aliphatic heterocycles. The summed E-state index contributed by atoms with van der Waals surface area (Å²) in [5.74, 6) is -0.485. The van der Waals surface area contributed by atoms with Crippen molar-refractivity contribution in [2.45, 2.75) is 90.8 Å². The summed E-state index contributed by atoms with van der Waals surface area (Å²) in [6.45, 7) is 17.7. The highest BCUT2D eigenvalue weighted by molar-refractivity contribution is 6.12. The Kier molecular flexibility index (Phi) is 5.80. The fraction of sp³-hybridized carbons (Fsp3) is 0.609. The molecule has 0 aliphatic carbocycles. The maximum Gasteiger partial charge on any atom is 0.425 e. The second-order valence-corrected chi connectivity index (χ2v) is 10.8. The summed E-state index contributed by atoms with van der Waals surface area (Å²) in [6, 6.07) is 0. The summed E-state index contributed by atoms with van der Waals surface area (Å²) in [6.07, 6.45) is -0.870. The lowest BCUT2D eigenvalue weighted by atomic mass is 10.2. The third kappa shape index (κ3) is 4.94. The number of fused-ring (bicyclic) bond motifs is 2. The molecule has 0 unspecified atom stereocenters. The molecule has 2 amide bonds.